The molecule has 3 rings (SSSR count). The molecule has 1 saturated carbocycles. The van der Waals surface area contributed by atoms with Crippen molar-refractivity contribution in [3.05, 3.63) is 29.3 Å². The third-order valence-electron chi connectivity index (χ3n) is 3.79. The lowest BCUT2D eigenvalue weighted by Gasteiger charge is -2.32. The summed E-state index contributed by atoms with van der Waals surface area (Å²) in [5.41, 5.74) is 2.74. The Bertz CT molecular complexity index is 695. The quantitative estimate of drug-likeness (QED) is 0.526. The Kier molecular flexibility index (Phi) is 3.78. The summed E-state index contributed by atoms with van der Waals surface area (Å²) in [4.78, 5) is 30.4. The van der Waals surface area contributed by atoms with Crippen molar-refractivity contribution in [1.82, 2.24) is 5.32 Å². The van der Waals surface area contributed by atoms with Crippen LogP contribution in [0.3, 0.4) is 0 Å². The smallest absolute Gasteiger partial charge is 0.251 e. The lowest BCUT2D eigenvalue weighted by molar-refractivity contribution is -0.130. The number of hydrogen-bond donors (Lipinski definition) is 1. The molecule has 2 aliphatic rings. The zero-order chi connectivity index (χ0) is 15.9. The number of thiocarbonyl (C=S) groups is 1. The third-order valence-corrected chi connectivity index (χ3v) is 4.07. The molecule has 1 aliphatic carbocycles. The highest BCUT2D eigenvalue weighted by Gasteiger charge is 2.39. The van der Waals surface area contributed by atoms with E-state index in [1.54, 1.807) is 0 Å². The van der Waals surface area contributed by atoms with E-state index in [0.29, 0.717) is 5.69 Å². The molecule has 5 nitrogen and oxygen atoms in total. The maximum absolute atomic E-state index is 12.7. The van der Waals surface area contributed by atoms with Gasteiger partial charge in [-0.15, -0.1) is 0 Å². The van der Waals surface area contributed by atoms with Crippen LogP contribution in [0.4, 0.5) is 5.69 Å². The largest absolute Gasteiger partial charge is 0.301 e. The molecule has 0 radical (unpaired) electrons. The van der Waals surface area contributed by atoms with Gasteiger partial charge in [0.05, 0.1) is 5.69 Å². The molecule has 0 bridgehead atoms. The van der Waals surface area contributed by atoms with Crippen molar-refractivity contribution in [3.8, 4) is 0 Å². The van der Waals surface area contributed by atoms with Crippen molar-refractivity contribution < 1.29 is 9.59 Å². The van der Waals surface area contributed by atoms with Gasteiger partial charge in [0.15, 0.2) is 11.0 Å². The predicted molar refractivity (Wildman–Crippen MR) is 89.1 cm³/mol. The van der Waals surface area contributed by atoms with Crippen LogP contribution in [0, 0.1) is 19.8 Å². The molecule has 22 heavy (non-hydrogen) atoms. The Balaban J connectivity index is 1.93. The Morgan fingerprint density at radius 1 is 1.32 bits per heavy atom. The van der Waals surface area contributed by atoms with Gasteiger partial charge < -0.3 is 5.32 Å². The first kappa shape index (κ1) is 14.8. The Hall–Kier alpha value is -2.08. The summed E-state index contributed by atoms with van der Waals surface area (Å²) in [7, 11) is 0. The van der Waals surface area contributed by atoms with Crippen LogP contribution >= 0.6 is 12.2 Å². The van der Waals surface area contributed by atoms with Gasteiger partial charge in [0.1, 0.15) is 0 Å². The molecule has 1 aromatic rings. The summed E-state index contributed by atoms with van der Waals surface area (Å²) >= 11 is 5.19. The number of nitrogens with one attached hydrogen (secondary N) is 1. The van der Waals surface area contributed by atoms with E-state index in [2.05, 4.69) is 10.3 Å². The molecule has 2 amide bonds. The van der Waals surface area contributed by atoms with Gasteiger partial charge in [0.25, 0.3) is 5.91 Å². The first-order chi connectivity index (χ1) is 10.5. The Morgan fingerprint density at radius 3 is 2.68 bits per heavy atom. The van der Waals surface area contributed by atoms with Crippen molar-refractivity contribution in [3.63, 3.8) is 0 Å². The summed E-state index contributed by atoms with van der Waals surface area (Å²) in [6.07, 6.45) is 3.52. The standard InChI is InChI=1S/C16H17N3O2S/c1-9-3-6-13(10(2)7-9)19-15(21)12(8-17-11-4-5-11)14(20)18-16(19)22/h3,6-8,11-12H,4-5H2,1-2H3,(H,18,20,22)/t12-/m1/s1. The van der Waals surface area contributed by atoms with Crippen LogP contribution < -0.4 is 10.2 Å². The number of nitrogens with zero attached hydrogens (tertiary/aromatic N) is 2. The summed E-state index contributed by atoms with van der Waals surface area (Å²) in [6.45, 7) is 3.90. The average Bonchev–Trinajstić information content (AvgIpc) is 3.24. The molecule has 1 atom stereocenters. The van der Waals surface area contributed by atoms with E-state index in [4.69, 9.17) is 12.2 Å². The van der Waals surface area contributed by atoms with Crippen LogP contribution in [-0.4, -0.2) is 29.2 Å². The molecule has 0 unspecified atom stereocenters. The molecule has 1 N–H and O–H groups in total. The normalized spacial score (nSPS) is 22.4. The second-order valence-corrected chi connectivity index (χ2v) is 6.15. The van der Waals surface area contributed by atoms with Gasteiger partial charge in [-0.2, -0.15) is 0 Å². The molecule has 2 fully saturated rings. The van der Waals surface area contributed by atoms with Crippen LogP contribution in [0.15, 0.2) is 23.2 Å². The summed E-state index contributed by atoms with van der Waals surface area (Å²) in [6, 6.07) is 6.02. The number of hydrogen-bond acceptors (Lipinski definition) is 4. The second-order valence-electron chi connectivity index (χ2n) is 5.76. The van der Waals surface area contributed by atoms with Crippen LogP contribution in [0.5, 0.6) is 0 Å². The average molecular weight is 315 g/mol. The van der Waals surface area contributed by atoms with E-state index in [9.17, 15) is 9.59 Å². The van der Waals surface area contributed by atoms with Gasteiger partial charge in [-0.25, -0.2) is 0 Å². The minimum atomic E-state index is -0.909. The summed E-state index contributed by atoms with van der Waals surface area (Å²) < 4.78 is 0. The zero-order valence-corrected chi connectivity index (χ0v) is 13.3. The molecule has 1 saturated heterocycles. The Morgan fingerprint density at radius 2 is 2.05 bits per heavy atom. The van der Waals surface area contributed by atoms with Gasteiger partial charge in [-0.1, -0.05) is 17.7 Å². The molecule has 0 aromatic heterocycles. The first-order valence-corrected chi connectivity index (χ1v) is 7.67. The number of carbonyl (C=O) groups is 2. The number of carbonyl (C=O) groups excluding carboxylic acids is 2. The van der Waals surface area contributed by atoms with Gasteiger partial charge in [-0.3, -0.25) is 19.5 Å². The molecule has 0 spiro atoms. The van der Waals surface area contributed by atoms with Gasteiger partial charge in [-0.05, 0) is 50.5 Å². The van der Waals surface area contributed by atoms with E-state index < -0.39 is 11.8 Å². The highest BCUT2D eigenvalue weighted by Crippen LogP contribution is 2.26. The fourth-order valence-corrected chi connectivity index (χ4v) is 2.73. The number of aryl methyl sites for hydroxylation is 2. The van der Waals surface area contributed by atoms with E-state index in [-0.39, 0.29) is 17.1 Å². The van der Waals surface area contributed by atoms with Crippen LogP contribution in [0.1, 0.15) is 24.0 Å². The fraction of sp³-hybridized carbons (Fsp3) is 0.375. The molecular weight excluding hydrogens is 298 g/mol. The zero-order valence-electron chi connectivity index (χ0n) is 12.5. The molecule has 6 heteroatoms. The molecule has 1 aliphatic heterocycles. The number of aliphatic imine (C=N–C) groups is 1. The maximum atomic E-state index is 12.7. The minimum Gasteiger partial charge on any atom is -0.301 e. The van der Waals surface area contributed by atoms with Crippen molar-refractivity contribution in [1.29, 1.82) is 0 Å². The van der Waals surface area contributed by atoms with Crippen molar-refractivity contribution in [2.24, 2.45) is 10.9 Å². The molecule has 114 valence electrons. The third kappa shape index (κ3) is 2.78. The molecule has 1 heterocycles. The second kappa shape index (κ2) is 5.61. The number of amides is 2. The summed E-state index contributed by atoms with van der Waals surface area (Å²) in [5.74, 6) is -1.65. The highest BCUT2D eigenvalue weighted by molar-refractivity contribution is 7.80. The molecular formula is C16H17N3O2S. The van der Waals surface area contributed by atoms with Crippen molar-refractivity contribution in [2.75, 3.05) is 4.90 Å². The highest BCUT2D eigenvalue weighted by atomic mass is 32.1. The van der Waals surface area contributed by atoms with Gasteiger partial charge in [0.2, 0.25) is 5.91 Å². The Labute approximate surface area is 134 Å². The van der Waals surface area contributed by atoms with Crippen LogP contribution in [-0.2, 0) is 9.59 Å². The number of benzene rings is 1. The first-order valence-electron chi connectivity index (χ1n) is 7.26. The number of rotatable bonds is 3. The SMILES string of the molecule is Cc1ccc(N2C(=O)[C@H](C=NC3CC3)C(=O)NC2=S)c(C)c1. The lowest BCUT2D eigenvalue weighted by atomic mass is 10.0. The maximum Gasteiger partial charge on any atom is 0.251 e. The van der Waals surface area contributed by atoms with E-state index >= 15 is 0 Å². The lowest BCUT2D eigenvalue weighted by Crippen LogP contribution is -2.58. The van der Waals surface area contributed by atoms with Gasteiger partial charge in [0, 0.05) is 12.3 Å². The van der Waals surface area contributed by atoms with Crippen molar-refractivity contribution >= 4 is 41.0 Å². The van der Waals surface area contributed by atoms with Crippen molar-refractivity contribution in [2.45, 2.75) is 32.7 Å². The van der Waals surface area contributed by atoms with E-state index in [1.807, 2.05) is 32.0 Å². The summed E-state index contributed by atoms with van der Waals surface area (Å²) in [5, 5.41) is 2.72. The topological polar surface area (TPSA) is 61.8 Å². The van der Waals surface area contributed by atoms with E-state index in [0.717, 1.165) is 24.0 Å². The predicted octanol–water partition coefficient (Wildman–Crippen LogP) is 1.90. The monoisotopic (exact) mass is 315 g/mol. The van der Waals surface area contributed by atoms with Crippen LogP contribution in [0.2, 0.25) is 0 Å². The van der Waals surface area contributed by atoms with Crippen LogP contribution in [0.25, 0.3) is 0 Å². The minimum absolute atomic E-state index is 0.123. The van der Waals surface area contributed by atoms with Gasteiger partial charge >= 0.3 is 0 Å². The number of anilines is 1. The van der Waals surface area contributed by atoms with E-state index in [1.165, 1.54) is 11.1 Å². The fourth-order valence-electron chi connectivity index (χ4n) is 2.44. The molecule has 1 aromatic carbocycles.